The average Bonchev–Trinajstić information content (AvgIpc) is 3.29. The number of allylic oxidation sites excluding steroid dienone is 3. The van der Waals surface area contributed by atoms with Crippen LogP contribution in [0.2, 0.25) is 0 Å². The molecule has 2 aromatic rings. The number of piperidine rings is 1. The number of anilines is 1. The van der Waals surface area contributed by atoms with Crippen LogP contribution in [0.5, 0.6) is 0 Å². The van der Waals surface area contributed by atoms with Gasteiger partial charge in [0.1, 0.15) is 17.3 Å². The molecule has 0 unspecified atom stereocenters. The molecule has 0 radical (unpaired) electrons. The molecule has 0 saturated carbocycles. The van der Waals surface area contributed by atoms with Gasteiger partial charge in [-0.3, -0.25) is 9.67 Å². The molecular formula is C24H32N6O. The molecule has 1 saturated heterocycles. The first-order valence-electron chi connectivity index (χ1n) is 11.3. The third-order valence-electron chi connectivity index (χ3n) is 5.84. The summed E-state index contributed by atoms with van der Waals surface area (Å²) in [5.41, 5.74) is 10.1. The monoisotopic (exact) mass is 420 g/mol. The Morgan fingerprint density at radius 2 is 2.13 bits per heavy atom. The molecule has 164 valence electrons. The number of nitrogens with two attached hydrogens (primary N) is 1. The first kappa shape index (κ1) is 21.3. The molecule has 1 fully saturated rings. The number of nitrogens with zero attached hydrogens (tertiary/aromatic N) is 4. The second-order valence-corrected chi connectivity index (χ2v) is 8.17. The Morgan fingerprint density at radius 3 is 2.90 bits per heavy atom. The zero-order chi connectivity index (χ0) is 21.6. The van der Waals surface area contributed by atoms with Crippen molar-refractivity contribution in [1.82, 2.24) is 20.1 Å². The van der Waals surface area contributed by atoms with Gasteiger partial charge in [0.15, 0.2) is 0 Å². The van der Waals surface area contributed by atoms with E-state index in [2.05, 4.69) is 50.3 Å². The number of rotatable bonds is 7. The van der Waals surface area contributed by atoms with Gasteiger partial charge in [0.2, 0.25) is 0 Å². The Bertz CT molecular complexity index is 997. The van der Waals surface area contributed by atoms with E-state index in [-0.39, 0.29) is 0 Å². The van der Waals surface area contributed by atoms with Crippen LogP contribution in [-0.2, 0) is 4.74 Å². The Labute approximate surface area is 184 Å². The normalized spacial score (nSPS) is 17.9. The van der Waals surface area contributed by atoms with Crippen LogP contribution < -0.4 is 11.1 Å². The van der Waals surface area contributed by atoms with E-state index in [1.54, 1.807) is 0 Å². The molecule has 0 spiro atoms. The predicted molar refractivity (Wildman–Crippen MR) is 125 cm³/mol. The first-order valence-corrected chi connectivity index (χ1v) is 11.3. The van der Waals surface area contributed by atoms with Gasteiger partial charge in [0.25, 0.3) is 0 Å². The Morgan fingerprint density at radius 1 is 1.29 bits per heavy atom. The van der Waals surface area contributed by atoms with Crippen molar-refractivity contribution >= 4 is 17.8 Å². The second-order valence-electron chi connectivity index (χ2n) is 8.17. The lowest BCUT2D eigenvalue weighted by atomic mass is 10.1. The lowest BCUT2D eigenvalue weighted by molar-refractivity contribution is 0.343. The third-order valence-corrected chi connectivity index (χ3v) is 5.84. The molecule has 4 rings (SSSR count). The van der Waals surface area contributed by atoms with E-state index in [0.717, 1.165) is 85.5 Å². The molecule has 0 bridgehead atoms. The van der Waals surface area contributed by atoms with Crippen LogP contribution in [-0.4, -0.2) is 34.1 Å². The quantitative estimate of drug-likeness (QED) is 0.633. The van der Waals surface area contributed by atoms with Gasteiger partial charge in [-0.1, -0.05) is 13.3 Å². The van der Waals surface area contributed by atoms with Crippen LogP contribution in [0.4, 0.5) is 5.82 Å². The highest BCUT2D eigenvalue weighted by atomic mass is 16.5. The standard InChI is InChI=1S/C24H32N6O/c1-3-4-6-23(31-22-7-5-10-27-17(22)2)21-13-18(14-28-24(21)25)19-15-29-30(16-19)20-8-11-26-12-9-20/h6,10,13-16,20,26H,3-5,7-9,11-12H2,1-2H3,(H2,25,28)/b23-6+. The molecule has 31 heavy (non-hydrogen) atoms. The van der Waals surface area contributed by atoms with Gasteiger partial charge >= 0.3 is 0 Å². The Kier molecular flexibility index (Phi) is 6.82. The molecule has 0 aliphatic carbocycles. The lowest BCUT2D eigenvalue weighted by Crippen LogP contribution is -2.29. The summed E-state index contributed by atoms with van der Waals surface area (Å²) in [5.74, 6) is 2.12. The smallest absolute Gasteiger partial charge is 0.134 e. The van der Waals surface area contributed by atoms with Crippen molar-refractivity contribution in [3.63, 3.8) is 0 Å². The number of hydrogen-bond acceptors (Lipinski definition) is 6. The maximum absolute atomic E-state index is 6.34. The summed E-state index contributed by atoms with van der Waals surface area (Å²) in [6, 6.07) is 2.51. The number of nitrogen functional groups attached to an aromatic ring is 1. The van der Waals surface area contributed by atoms with Crippen molar-refractivity contribution in [3.05, 3.63) is 47.8 Å². The highest BCUT2D eigenvalue weighted by Crippen LogP contribution is 2.32. The number of pyridine rings is 1. The van der Waals surface area contributed by atoms with E-state index in [1.165, 1.54) is 0 Å². The molecular weight excluding hydrogens is 388 g/mol. The molecule has 7 heteroatoms. The molecule has 0 atom stereocenters. The van der Waals surface area contributed by atoms with Crippen molar-refractivity contribution in [1.29, 1.82) is 0 Å². The van der Waals surface area contributed by atoms with Crippen molar-refractivity contribution in [2.45, 2.75) is 58.4 Å². The fraction of sp³-hybridized carbons (Fsp3) is 0.458. The van der Waals surface area contributed by atoms with E-state index >= 15 is 0 Å². The minimum atomic E-state index is 0.446. The zero-order valence-electron chi connectivity index (χ0n) is 18.5. The van der Waals surface area contributed by atoms with Crippen LogP contribution in [0.1, 0.15) is 64.0 Å². The lowest BCUT2D eigenvalue weighted by Gasteiger charge is -2.22. The average molecular weight is 421 g/mol. The molecule has 2 aliphatic rings. The maximum atomic E-state index is 6.34. The Balaban J connectivity index is 1.63. The third kappa shape index (κ3) is 5.05. The zero-order valence-corrected chi connectivity index (χ0v) is 18.5. The van der Waals surface area contributed by atoms with Crippen molar-refractivity contribution in [2.75, 3.05) is 18.8 Å². The van der Waals surface area contributed by atoms with Crippen molar-refractivity contribution in [3.8, 4) is 11.1 Å². The maximum Gasteiger partial charge on any atom is 0.134 e. The summed E-state index contributed by atoms with van der Waals surface area (Å²) >= 11 is 0. The van der Waals surface area contributed by atoms with Crippen molar-refractivity contribution in [2.24, 2.45) is 4.99 Å². The molecule has 2 aromatic heterocycles. The highest BCUT2D eigenvalue weighted by Gasteiger charge is 2.18. The Hall–Kier alpha value is -2.93. The van der Waals surface area contributed by atoms with Crippen molar-refractivity contribution < 1.29 is 4.74 Å². The van der Waals surface area contributed by atoms with Crippen LogP contribution in [0.25, 0.3) is 16.9 Å². The van der Waals surface area contributed by atoms with Crippen LogP contribution in [0, 0.1) is 0 Å². The van der Waals surface area contributed by atoms with E-state index in [4.69, 9.17) is 10.5 Å². The van der Waals surface area contributed by atoms with E-state index < -0.39 is 0 Å². The van der Waals surface area contributed by atoms with Crippen LogP contribution in [0.15, 0.2) is 47.2 Å². The molecule has 4 heterocycles. The minimum Gasteiger partial charge on any atom is -0.459 e. The van der Waals surface area contributed by atoms with Gasteiger partial charge in [-0.05, 0) is 57.8 Å². The minimum absolute atomic E-state index is 0.446. The largest absolute Gasteiger partial charge is 0.459 e. The van der Waals surface area contributed by atoms with Gasteiger partial charge in [-0.15, -0.1) is 0 Å². The summed E-state index contributed by atoms with van der Waals surface area (Å²) < 4.78 is 8.43. The molecule has 0 amide bonds. The van der Waals surface area contributed by atoms with E-state index in [0.29, 0.717) is 11.9 Å². The van der Waals surface area contributed by atoms with Crippen LogP contribution in [0.3, 0.4) is 0 Å². The topological polar surface area (TPSA) is 90.4 Å². The molecule has 0 aromatic carbocycles. The second kappa shape index (κ2) is 9.92. The summed E-state index contributed by atoms with van der Waals surface area (Å²) in [6.45, 7) is 6.21. The number of hydrogen-bond donors (Lipinski definition) is 2. The number of aliphatic imine (C=N–C) groups is 1. The summed E-state index contributed by atoms with van der Waals surface area (Å²) in [6.07, 6.45) is 15.7. The fourth-order valence-corrected chi connectivity index (χ4v) is 3.98. The fourth-order valence-electron chi connectivity index (χ4n) is 3.98. The number of unbranched alkanes of at least 4 members (excludes halogenated alkanes) is 1. The molecule has 7 nitrogen and oxygen atoms in total. The number of nitrogens with one attached hydrogen (secondary N) is 1. The highest BCUT2D eigenvalue weighted by molar-refractivity contribution is 5.75. The summed E-state index contributed by atoms with van der Waals surface area (Å²) in [5, 5.41) is 8.03. The van der Waals surface area contributed by atoms with Gasteiger partial charge < -0.3 is 15.8 Å². The van der Waals surface area contributed by atoms with Gasteiger partial charge in [0.05, 0.1) is 23.5 Å². The molecule has 2 aliphatic heterocycles. The van der Waals surface area contributed by atoms with E-state index in [9.17, 15) is 0 Å². The van der Waals surface area contributed by atoms with Gasteiger partial charge in [-0.25, -0.2) is 4.98 Å². The summed E-state index contributed by atoms with van der Waals surface area (Å²) in [4.78, 5) is 8.90. The number of aromatic nitrogens is 3. The van der Waals surface area contributed by atoms with Gasteiger partial charge in [-0.2, -0.15) is 5.10 Å². The number of ether oxygens (including phenoxy) is 1. The van der Waals surface area contributed by atoms with Crippen LogP contribution >= 0.6 is 0 Å². The predicted octanol–water partition coefficient (Wildman–Crippen LogP) is 4.71. The molecule has 3 N–H and O–H groups in total. The SMILES string of the molecule is CCC/C=C(/OC1=C(C)N=CCC1)c1cc(-c2cnn(C3CCNCC3)c2)cnc1N. The van der Waals surface area contributed by atoms with Gasteiger partial charge in [0, 0.05) is 36.2 Å². The van der Waals surface area contributed by atoms with E-state index in [1.807, 2.05) is 25.5 Å². The summed E-state index contributed by atoms with van der Waals surface area (Å²) in [7, 11) is 0. The first-order chi connectivity index (χ1) is 15.2.